The lowest BCUT2D eigenvalue weighted by Gasteiger charge is -2.42. The van der Waals surface area contributed by atoms with Crippen molar-refractivity contribution in [3.05, 3.63) is 100 Å². The normalized spacial score (nSPS) is 20.7. The van der Waals surface area contributed by atoms with Crippen LogP contribution in [-0.4, -0.2) is 25.9 Å². The zero-order valence-corrected chi connectivity index (χ0v) is 20.0. The third kappa shape index (κ3) is 4.72. The third-order valence-electron chi connectivity index (χ3n) is 6.43. The van der Waals surface area contributed by atoms with E-state index in [1.807, 2.05) is 78.9 Å². The van der Waals surface area contributed by atoms with Gasteiger partial charge in [-0.1, -0.05) is 70.5 Å². The highest BCUT2D eigenvalue weighted by Gasteiger charge is 2.52. The number of ether oxygens (including phenoxy) is 2. The van der Waals surface area contributed by atoms with Crippen LogP contribution in [0.5, 0.6) is 5.75 Å². The van der Waals surface area contributed by atoms with Crippen molar-refractivity contribution in [1.82, 2.24) is 5.32 Å². The molecule has 4 rings (SSSR count). The van der Waals surface area contributed by atoms with Crippen LogP contribution in [0.3, 0.4) is 0 Å². The molecule has 1 N–H and O–H groups in total. The van der Waals surface area contributed by atoms with Crippen LogP contribution in [0.25, 0.3) is 0 Å². The van der Waals surface area contributed by atoms with Crippen LogP contribution in [-0.2, 0) is 15.1 Å². The molecule has 5 nitrogen and oxygen atoms in total. The fraction of sp³-hybridized carbons (Fsp3) is 0.259. The molecule has 170 valence electrons. The Morgan fingerprint density at radius 2 is 1.79 bits per heavy atom. The van der Waals surface area contributed by atoms with Gasteiger partial charge in [-0.2, -0.15) is 0 Å². The lowest BCUT2D eigenvalue weighted by atomic mass is 9.71. The summed E-state index contributed by atoms with van der Waals surface area (Å²) in [6, 6.07) is 24.8. The van der Waals surface area contributed by atoms with Gasteiger partial charge < -0.3 is 14.8 Å². The Kier molecular flexibility index (Phi) is 7.26. The molecule has 0 radical (unpaired) electrons. The van der Waals surface area contributed by atoms with Crippen molar-refractivity contribution in [2.24, 2.45) is 5.92 Å². The van der Waals surface area contributed by atoms with Gasteiger partial charge >= 0.3 is 0 Å². The van der Waals surface area contributed by atoms with Gasteiger partial charge in [-0.25, -0.2) is 0 Å². The summed E-state index contributed by atoms with van der Waals surface area (Å²) < 4.78 is 12.0. The van der Waals surface area contributed by atoms with Crippen molar-refractivity contribution in [2.75, 3.05) is 13.7 Å². The summed E-state index contributed by atoms with van der Waals surface area (Å²) in [4.78, 5) is 24.9. The highest BCUT2D eigenvalue weighted by molar-refractivity contribution is 9.10. The molecule has 0 aromatic heterocycles. The maximum Gasteiger partial charge on any atom is 0.293 e. The minimum atomic E-state index is -0.763. The zero-order chi connectivity index (χ0) is 23.3. The van der Waals surface area contributed by atoms with Crippen molar-refractivity contribution in [3.8, 4) is 5.75 Å². The number of methoxy groups -OCH3 is 1. The quantitative estimate of drug-likeness (QED) is 0.308. The molecule has 0 bridgehead atoms. The average Bonchev–Trinajstić information content (AvgIpc) is 3.27. The molecule has 1 saturated heterocycles. The van der Waals surface area contributed by atoms with E-state index in [2.05, 4.69) is 21.2 Å². The van der Waals surface area contributed by atoms with E-state index < -0.39 is 11.6 Å². The van der Waals surface area contributed by atoms with Crippen molar-refractivity contribution in [2.45, 2.75) is 24.5 Å². The summed E-state index contributed by atoms with van der Waals surface area (Å²) in [5.74, 6) is 0.709. The molecular formula is C27H26BrNO4. The van der Waals surface area contributed by atoms with Gasteiger partial charge in [0.2, 0.25) is 0 Å². The molecule has 3 aromatic rings. The van der Waals surface area contributed by atoms with E-state index >= 15 is 0 Å². The third-order valence-corrected chi connectivity index (χ3v) is 6.96. The van der Waals surface area contributed by atoms with Crippen LogP contribution < -0.4 is 10.1 Å². The zero-order valence-electron chi connectivity index (χ0n) is 18.4. The first-order valence-corrected chi connectivity index (χ1v) is 11.7. The number of ketones is 1. The molecule has 3 unspecified atom stereocenters. The van der Waals surface area contributed by atoms with Crippen LogP contribution in [0.2, 0.25) is 0 Å². The Hall–Kier alpha value is -2.96. The second-order valence-electron chi connectivity index (χ2n) is 8.17. The lowest BCUT2D eigenvalue weighted by molar-refractivity contribution is -0.140. The van der Waals surface area contributed by atoms with Crippen LogP contribution in [0, 0.1) is 5.92 Å². The van der Waals surface area contributed by atoms with E-state index in [1.165, 1.54) is 0 Å². The Balaban J connectivity index is 1.80. The van der Waals surface area contributed by atoms with Gasteiger partial charge in [-0.05, 0) is 54.3 Å². The monoisotopic (exact) mass is 507 g/mol. The maximum absolute atomic E-state index is 13.2. The van der Waals surface area contributed by atoms with Crippen molar-refractivity contribution < 1.29 is 19.1 Å². The van der Waals surface area contributed by atoms with Crippen LogP contribution in [0.15, 0.2) is 83.3 Å². The number of Topliss-reactive ketones (excluding diaryl/α,β-unsaturated/α-hetero) is 1. The largest absolute Gasteiger partial charge is 0.497 e. The summed E-state index contributed by atoms with van der Waals surface area (Å²) in [6.45, 7) is 1.20. The summed E-state index contributed by atoms with van der Waals surface area (Å²) in [5.41, 5.74) is 1.72. The Labute approximate surface area is 202 Å². The summed E-state index contributed by atoms with van der Waals surface area (Å²) in [6.07, 6.45) is 0.490. The van der Waals surface area contributed by atoms with Gasteiger partial charge in [0.05, 0.1) is 12.6 Å². The topological polar surface area (TPSA) is 64.6 Å². The number of carbonyl (C=O) groups excluding carboxylic acids is 2. The number of rotatable bonds is 9. The van der Waals surface area contributed by atoms with E-state index in [9.17, 15) is 9.59 Å². The van der Waals surface area contributed by atoms with Crippen LogP contribution >= 0.6 is 15.9 Å². The molecule has 0 spiro atoms. The highest BCUT2D eigenvalue weighted by Crippen LogP contribution is 2.49. The number of hydrogen-bond acceptors (Lipinski definition) is 5. The van der Waals surface area contributed by atoms with Gasteiger partial charge in [0.1, 0.15) is 11.9 Å². The number of benzene rings is 3. The number of halogens is 1. The standard InChI is InChI=1S/C27H26BrNO4/c1-32-24-13-7-20(8-14-24)26(33-18-30)27(21-9-11-23(28)12-10-21)22(15-16-29-27)17-25(31)19-5-3-2-4-6-19/h2-14,18,22,26,29H,15-17H2,1H3. The first kappa shape index (κ1) is 23.2. The van der Waals surface area contributed by atoms with E-state index in [-0.39, 0.29) is 11.7 Å². The average molecular weight is 508 g/mol. The van der Waals surface area contributed by atoms with E-state index in [0.29, 0.717) is 25.0 Å². The van der Waals surface area contributed by atoms with Gasteiger partial charge in [-0.15, -0.1) is 0 Å². The predicted molar refractivity (Wildman–Crippen MR) is 130 cm³/mol. The summed E-state index contributed by atoms with van der Waals surface area (Å²) in [7, 11) is 1.61. The minimum Gasteiger partial charge on any atom is -0.497 e. The summed E-state index contributed by atoms with van der Waals surface area (Å²) >= 11 is 3.51. The molecule has 6 heteroatoms. The van der Waals surface area contributed by atoms with Crippen molar-refractivity contribution >= 4 is 28.2 Å². The fourth-order valence-corrected chi connectivity index (χ4v) is 5.12. The molecule has 1 aliphatic heterocycles. The van der Waals surface area contributed by atoms with E-state index in [1.54, 1.807) is 7.11 Å². The molecule has 0 aliphatic carbocycles. The second-order valence-corrected chi connectivity index (χ2v) is 9.08. The van der Waals surface area contributed by atoms with Crippen LogP contribution in [0.1, 0.15) is 40.4 Å². The van der Waals surface area contributed by atoms with Gasteiger partial charge in [0.25, 0.3) is 6.47 Å². The Morgan fingerprint density at radius 1 is 1.09 bits per heavy atom. The van der Waals surface area contributed by atoms with E-state index in [4.69, 9.17) is 9.47 Å². The van der Waals surface area contributed by atoms with Gasteiger partial charge in [-0.3, -0.25) is 9.59 Å². The first-order valence-electron chi connectivity index (χ1n) is 10.9. The second kappa shape index (κ2) is 10.3. The Morgan fingerprint density at radius 3 is 2.42 bits per heavy atom. The molecule has 1 aliphatic rings. The Bertz CT molecular complexity index is 1090. The first-order chi connectivity index (χ1) is 16.1. The molecule has 3 atom stereocenters. The number of carbonyl (C=O) groups is 2. The minimum absolute atomic E-state index is 0.0744. The smallest absolute Gasteiger partial charge is 0.293 e. The van der Waals surface area contributed by atoms with Crippen LogP contribution in [0.4, 0.5) is 0 Å². The van der Waals surface area contributed by atoms with Crippen molar-refractivity contribution in [3.63, 3.8) is 0 Å². The molecule has 3 aromatic carbocycles. The number of nitrogens with one attached hydrogen (secondary N) is 1. The number of hydrogen-bond donors (Lipinski definition) is 1. The molecule has 33 heavy (non-hydrogen) atoms. The van der Waals surface area contributed by atoms with E-state index in [0.717, 1.165) is 27.8 Å². The van der Waals surface area contributed by atoms with Gasteiger partial charge in [0.15, 0.2) is 5.78 Å². The van der Waals surface area contributed by atoms with Crippen molar-refractivity contribution in [1.29, 1.82) is 0 Å². The van der Waals surface area contributed by atoms with Gasteiger partial charge in [0, 0.05) is 16.5 Å². The lowest BCUT2D eigenvalue weighted by Crippen LogP contribution is -2.48. The molecule has 0 saturated carbocycles. The molecule has 1 heterocycles. The molecule has 1 fully saturated rings. The SMILES string of the molecule is COc1ccc(C(OC=O)C2(c3ccc(Br)cc3)NCCC2CC(=O)c2ccccc2)cc1. The highest BCUT2D eigenvalue weighted by atomic mass is 79.9. The molecular weight excluding hydrogens is 482 g/mol. The maximum atomic E-state index is 13.2. The fourth-order valence-electron chi connectivity index (χ4n) is 4.86. The predicted octanol–water partition coefficient (Wildman–Crippen LogP) is 5.45. The molecule has 0 amide bonds. The summed E-state index contributed by atoms with van der Waals surface area (Å²) in [5, 5.41) is 3.64.